The van der Waals surface area contributed by atoms with Gasteiger partial charge in [0.2, 0.25) is 0 Å². The molecule has 1 aliphatic rings. The van der Waals surface area contributed by atoms with Gasteiger partial charge in [0.1, 0.15) is 0 Å². The molecule has 0 aliphatic carbocycles. The zero-order valence-electron chi connectivity index (χ0n) is 7.20. The summed E-state index contributed by atoms with van der Waals surface area (Å²) < 4.78 is 3.30. The zero-order valence-corrected chi connectivity index (χ0v) is 10.5. The molecule has 0 saturated carbocycles. The van der Waals surface area contributed by atoms with Gasteiger partial charge in [-0.3, -0.25) is 0 Å². The van der Waals surface area contributed by atoms with E-state index in [4.69, 9.17) is 0 Å². The van der Waals surface area contributed by atoms with E-state index in [1.807, 2.05) is 0 Å². The Balaban J connectivity index is 2.32. The van der Waals surface area contributed by atoms with Crippen molar-refractivity contribution < 1.29 is 0 Å². The molecule has 3 rings (SSSR count). The van der Waals surface area contributed by atoms with Crippen LogP contribution in [0.4, 0.5) is 0 Å². The number of fused-ring (bicyclic) bond motifs is 3. The molecule has 2 aromatic carbocycles. The quantitative estimate of drug-likeness (QED) is 0.576. The normalized spacial score (nSPS) is 11.7. The van der Waals surface area contributed by atoms with Gasteiger partial charge in [0, 0.05) is 0 Å². The van der Waals surface area contributed by atoms with Gasteiger partial charge in [-0.25, -0.2) is 0 Å². The molecule has 0 unspecified atom stereocenters. The summed E-state index contributed by atoms with van der Waals surface area (Å²) in [5.74, 6) is 0. The molecule has 0 amide bonds. The molecule has 0 saturated heterocycles. The molecule has 13 heavy (non-hydrogen) atoms. The monoisotopic (exact) mass is 267 g/mol. The van der Waals surface area contributed by atoms with Crippen molar-refractivity contribution in [3.63, 3.8) is 0 Å². The van der Waals surface area contributed by atoms with Crippen LogP contribution in [-0.2, 0) is 0 Å². The van der Waals surface area contributed by atoms with Crippen LogP contribution < -0.4 is 6.64 Å². The van der Waals surface area contributed by atoms with Gasteiger partial charge >= 0.3 is 89.2 Å². The van der Waals surface area contributed by atoms with Crippen LogP contribution in [0.3, 0.4) is 0 Å². The summed E-state index contributed by atoms with van der Waals surface area (Å²) in [5, 5.41) is 0. The van der Waals surface area contributed by atoms with E-state index in [-0.39, 0.29) is 0 Å². The molecule has 2 aromatic rings. The van der Waals surface area contributed by atoms with Crippen LogP contribution in [0.15, 0.2) is 48.5 Å². The van der Waals surface area contributed by atoms with Crippen LogP contribution >= 0.6 is 0 Å². The molecule has 1 radical (unpaired) electrons. The average Bonchev–Trinajstić information content (AvgIpc) is 2.56. The van der Waals surface area contributed by atoms with E-state index < -0.39 is 22.9 Å². The third-order valence-electron chi connectivity index (χ3n) is 2.52. The van der Waals surface area contributed by atoms with E-state index >= 15 is 0 Å². The van der Waals surface area contributed by atoms with Crippen molar-refractivity contribution >= 4 is 29.5 Å². The van der Waals surface area contributed by atoms with E-state index in [2.05, 4.69) is 48.5 Å². The minimum atomic E-state index is -0.625. The van der Waals surface area contributed by atoms with E-state index in [1.165, 1.54) is 11.1 Å². The van der Waals surface area contributed by atoms with Gasteiger partial charge in [-0.05, 0) is 0 Å². The summed E-state index contributed by atoms with van der Waals surface area (Å²) in [5.41, 5.74) is 3.00. The topological polar surface area (TPSA) is 0 Å². The Labute approximate surface area is 89.0 Å². The Hall–Kier alpha value is -0.690. The summed E-state index contributed by atoms with van der Waals surface area (Å²) in [6.07, 6.45) is 0. The molecular formula is C12H8In. The summed E-state index contributed by atoms with van der Waals surface area (Å²) in [4.78, 5) is 0. The van der Waals surface area contributed by atoms with Crippen molar-refractivity contribution in [1.29, 1.82) is 0 Å². The van der Waals surface area contributed by atoms with Crippen LogP contribution in [-0.4, -0.2) is 22.9 Å². The Bertz CT molecular complexity index is 417. The van der Waals surface area contributed by atoms with Gasteiger partial charge in [-0.1, -0.05) is 0 Å². The molecule has 0 aromatic heterocycles. The number of rotatable bonds is 0. The zero-order chi connectivity index (χ0) is 8.67. The van der Waals surface area contributed by atoms with Crippen LogP contribution in [0.2, 0.25) is 0 Å². The molecule has 1 aliphatic heterocycles. The first-order chi connectivity index (χ1) is 6.45. The fourth-order valence-electron chi connectivity index (χ4n) is 1.90. The van der Waals surface area contributed by atoms with Crippen molar-refractivity contribution in [3.05, 3.63) is 48.5 Å². The van der Waals surface area contributed by atoms with Crippen molar-refractivity contribution in [2.24, 2.45) is 0 Å². The van der Waals surface area contributed by atoms with E-state index in [9.17, 15) is 0 Å². The molecule has 0 bridgehead atoms. The second kappa shape index (κ2) is 2.91. The van der Waals surface area contributed by atoms with Crippen LogP contribution in [0.5, 0.6) is 0 Å². The Morgan fingerprint density at radius 3 is 1.62 bits per heavy atom. The molecule has 0 N–H and O–H groups in total. The van der Waals surface area contributed by atoms with Crippen LogP contribution in [0, 0.1) is 0 Å². The van der Waals surface area contributed by atoms with Gasteiger partial charge in [-0.2, -0.15) is 0 Å². The van der Waals surface area contributed by atoms with E-state index in [0.717, 1.165) is 0 Å². The molecular weight excluding hydrogens is 259 g/mol. The van der Waals surface area contributed by atoms with Crippen molar-refractivity contribution in [3.8, 4) is 11.1 Å². The Morgan fingerprint density at radius 1 is 0.615 bits per heavy atom. The molecule has 0 spiro atoms. The minimum absolute atomic E-state index is 0.625. The summed E-state index contributed by atoms with van der Waals surface area (Å²) in [6, 6.07) is 17.7. The second-order valence-corrected chi connectivity index (χ2v) is 7.69. The SMILES string of the molecule is c1ccc2[c](c1)[In][c]1ccccc1-2. The van der Waals surface area contributed by atoms with E-state index in [1.54, 1.807) is 6.64 Å². The Morgan fingerprint density at radius 2 is 1.08 bits per heavy atom. The number of hydrogen-bond acceptors (Lipinski definition) is 0. The number of hydrogen-bond donors (Lipinski definition) is 0. The average molecular weight is 267 g/mol. The predicted octanol–water partition coefficient (Wildman–Crippen LogP) is 1.32. The fourth-order valence-corrected chi connectivity index (χ4v) is 6.37. The fraction of sp³-hybridized carbons (Fsp3) is 0. The van der Waals surface area contributed by atoms with Crippen LogP contribution in [0.25, 0.3) is 11.1 Å². The van der Waals surface area contributed by atoms with Crippen molar-refractivity contribution in [2.75, 3.05) is 0 Å². The molecule has 0 atom stereocenters. The van der Waals surface area contributed by atoms with Gasteiger partial charge in [0.05, 0.1) is 0 Å². The van der Waals surface area contributed by atoms with Gasteiger partial charge in [-0.15, -0.1) is 0 Å². The van der Waals surface area contributed by atoms with Gasteiger partial charge < -0.3 is 0 Å². The first-order valence-corrected chi connectivity index (χ1v) is 7.78. The summed E-state index contributed by atoms with van der Waals surface area (Å²) in [7, 11) is 0. The van der Waals surface area contributed by atoms with Gasteiger partial charge in [0.25, 0.3) is 0 Å². The third kappa shape index (κ3) is 1.14. The van der Waals surface area contributed by atoms with Crippen LogP contribution in [0.1, 0.15) is 0 Å². The third-order valence-corrected chi connectivity index (χ3v) is 7.17. The van der Waals surface area contributed by atoms with Gasteiger partial charge in [0.15, 0.2) is 0 Å². The second-order valence-electron chi connectivity index (χ2n) is 3.32. The first-order valence-electron chi connectivity index (χ1n) is 4.48. The van der Waals surface area contributed by atoms with Crippen molar-refractivity contribution in [2.45, 2.75) is 0 Å². The molecule has 59 valence electrons. The van der Waals surface area contributed by atoms with E-state index in [0.29, 0.717) is 0 Å². The standard InChI is InChI=1S/C12H8.In/c1-3-7-11(8-4-1)12-9-5-2-6-10-12;/h1-7,9H;. The predicted molar refractivity (Wildman–Crippen MR) is 56.9 cm³/mol. The first kappa shape index (κ1) is 7.69. The summed E-state index contributed by atoms with van der Waals surface area (Å²) >= 11 is -0.625. The number of benzene rings is 2. The molecule has 1 heterocycles. The summed E-state index contributed by atoms with van der Waals surface area (Å²) in [6.45, 7) is 0. The maximum atomic E-state index is 2.30. The molecule has 0 fully saturated rings. The molecule has 1 heteroatoms. The molecule has 0 nitrogen and oxygen atoms in total. The Kier molecular flexibility index (Phi) is 1.72. The maximum absolute atomic E-state index is 2.30. The van der Waals surface area contributed by atoms with Crippen molar-refractivity contribution in [1.82, 2.24) is 0 Å².